The van der Waals surface area contributed by atoms with Crippen LogP contribution in [-0.4, -0.2) is 37.3 Å². The lowest BCUT2D eigenvalue weighted by Gasteiger charge is -2.13. The fourth-order valence-corrected chi connectivity index (χ4v) is 1.42. The number of methoxy groups -OCH3 is 1. The molecule has 4 heteroatoms. The van der Waals surface area contributed by atoms with Crippen LogP contribution >= 0.6 is 0 Å². The normalized spacial score (nSPS) is 26.0. The summed E-state index contributed by atoms with van der Waals surface area (Å²) in [7, 11) is 1.46. The quantitative estimate of drug-likeness (QED) is 0.698. The summed E-state index contributed by atoms with van der Waals surface area (Å²) in [5, 5.41) is 8.60. The molecule has 0 aromatic rings. The van der Waals surface area contributed by atoms with Gasteiger partial charge >= 0.3 is 0 Å². The van der Waals surface area contributed by atoms with Gasteiger partial charge in [-0.1, -0.05) is 13.3 Å². The van der Waals surface area contributed by atoms with Gasteiger partial charge in [0.15, 0.2) is 5.79 Å². The summed E-state index contributed by atoms with van der Waals surface area (Å²) in [6, 6.07) is 0. The third-order valence-electron chi connectivity index (χ3n) is 2.60. The third kappa shape index (κ3) is 6.84. The van der Waals surface area contributed by atoms with E-state index in [2.05, 4.69) is 11.7 Å². The molecule has 0 radical (unpaired) electrons. The first-order chi connectivity index (χ1) is 6.94. The van der Waals surface area contributed by atoms with E-state index in [0.717, 1.165) is 12.5 Å². The lowest BCUT2D eigenvalue weighted by molar-refractivity contribution is -0.155. The maximum absolute atomic E-state index is 8.60. The summed E-state index contributed by atoms with van der Waals surface area (Å²) in [4.78, 5) is 0. The molecule has 1 heterocycles. The summed E-state index contributed by atoms with van der Waals surface area (Å²) in [6.45, 7) is 6.96. The number of nitrogens with two attached hydrogens (primary N) is 1. The molecule has 3 N–H and O–H groups in total. The molecule has 1 rings (SSSR count). The zero-order valence-electron chi connectivity index (χ0n) is 10.3. The van der Waals surface area contributed by atoms with Crippen molar-refractivity contribution in [3.8, 4) is 0 Å². The zero-order chi connectivity index (χ0) is 11.9. The Morgan fingerprint density at radius 3 is 2.33 bits per heavy atom. The fraction of sp³-hybridized carbons (Fsp3) is 1.00. The van der Waals surface area contributed by atoms with E-state index in [-0.39, 0.29) is 0 Å². The molecule has 0 aromatic heterocycles. The second kappa shape index (κ2) is 7.17. The van der Waals surface area contributed by atoms with Crippen LogP contribution in [0, 0.1) is 5.92 Å². The van der Waals surface area contributed by atoms with E-state index in [1.807, 2.05) is 0 Å². The molecule has 2 unspecified atom stereocenters. The van der Waals surface area contributed by atoms with Crippen molar-refractivity contribution in [2.75, 3.05) is 20.3 Å². The second-order valence-electron chi connectivity index (χ2n) is 4.25. The van der Waals surface area contributed by atoms with Gasteiger partial charge in [-0.3, -0.25) is 0 Å². The van der Waals surface area contributed by atoms with Gasteiger partial charge in [0.05, 0.1) is 6.10 Å². The van der Waals surface area contributed by atoms with E-state index in [1.165, 1.54) is 20.0 Å². The highest BCUT2D eigenvalue weighted by atomic mass is 16.6. The van der Waals surface area contributed by atoms with Crippen LogP contribution in [0.5, 0.6) is 0 Å². The molecule has 0 saturated carbocycles. The fourth-order valence-electron chi connectivity index (χ4n) is 1.42. The minimum absolute atomic E-state index is 0.356. The molecule has 2 atom stereocenters. The maximum Gasteiger partial charge on any atom is 0.159 e. The first-order valence-electron chi connectivity index (χ1n) is 5.53. The molecule has 1 fully saturated rings. The van der Waals surface area contributed by atoms with Gasteiger partial charge in [0, 0.05) is 20.3 Å². The predicted molar refractivity (Wildman–Crippen MR) is 60.5 cm³/mol. The van der Waals surface area contributed by atoms with Gasteiger partial charge in [-0.2, -0.15) is 0 Å². The van der Waals surface area contributed by atoms with E-state index >= 15 is 0 Å². The summed E-state index contributed by atoms with van der Waals surface area (Å²) in [5.74, 6) is -0.227. The highest BCUT2D eigenvalue weighted by Crippen LogP contribution is 2.22. The van der Waals surface area contributed by atoms with Gasteiger partial charge in [-0.25, -0.2) is 0 Å². The van der Waals surface area contributed by atoms with Crippen LogP contribution in [-0.2, 0) is 9.47 Å². The monoisotopic (exact) mass is 219 g/mol. The van der Waals surface area contributed by atoms with Crippen molar-refractivity contribution in [1.29, 1.82) is 0 Å². The maximum atomic E-state index is 8.60. The number of hydrogen-bond donors (Lipinski definition) is 2. The van der Waals surface area contributed by atoms with Gasteiger partial charge in [-0.05, 0) is 26.2 Å². The zero-order valence-corrected chi connectivity index (χ0v) is 10.3. The van der Waals surface area contributed by atoms with Crippen molar-refractivity contribution in [3.63, 3.8) is 0 Å². The van der Waals surface area contributed by atoms with Crippen molar-refractivity contribution < 1.29 is 14.6 Å². The van der Waals surface area contributed by atoms with Gasteiger partial charge < -0.3 is 20.3 Å². The Morgan fingerprint density at radius 2 is 2.07 bits per heavy atom. The molecule has 0 aromatic carbocycles. The summed E-state index contributed by atoms with van der Waals surface area (Å²) < 4.78 is 9.87. The Kier molecular flexibility index (Phi) is 7.09. The van der Waals surface area contributed by atoms with Crippen molar-refractivity contribution >= 4 is 0 Å². The standard InChI is InChI=1S/C7H15NO.C4H10O2/c1-2-6-3-4-9-7(6)5-8;1-4(2,5)6-3/h6-7H,2-5,8H2,1H3;5H,1-3H3. The molecular weight excluding hydrogens is 194 g/mol. The van der Waals surface area contributed by atoms with Crippen molar-refractivity contribution in [1.82, 2.24) is 0 Å². The Morgan fingerprint density at radius 1 is 1.53 bits per heavy atom. The predicted octanol–water partition coefficient (Wildman–Crippen LogP) is 1.12. The van der Waals surface area contributed by atoms with Gasteiger partial charge in [0.25, 0.3) is 0 Å². The number of hydrogen-bond acceptors (Lipinski definition) is 4. The molecule has 0 aliphatic carbocycles. The van der Waals surface area contributed by atoms with E-state index in [9.17, 15) is 0 Å². The van der Waals surface area contributed by atoms with E-state index in [1.54, 1.807) is 13.8 Å². The van der Waals surface area contributed by atoms with Crippen LogP contribution in [0.3, 0.4) is 0 Å². The van der Waals surface area contributed by atoms with Crippen LogP contribution in [0.4, 0.5) is 0 Å². The van der Waals surface area contributed by atoms with E-state index in [0.29, 0.717) is 12.6 Å². The topological polar surface area (TPSA) is 64.7 Å². The number of rotatable bonds is 3. The van der Waals surface area contributed by atoms with Crippen LogP contribution in [0.25, 0.3) is 0 Å². The van der Waals surface area contributed by atoms with Crippen LogP contribution in [0.15, 0.2) is 0 Å². The average Bonchev–Trinajstić information content (AvgIpc) is 2.64. The van der Waals surface area contributed by atoms with Crippen LogP contribution in [0.1, 0.15) is 33.6 Å². The van der Waals surface area contributed by atoms with Crippen LogP contribution < -0.4 is 5.73 Å². The Bertz CT molecular complexity index is 146. The summed E-state index contributed by atoms with van der Waals surface area (Å²) in [5.41, 5.74) is 5.47. The molecule has 92 valence electrons. The summed E-state index contributed by atoms with van der Waals surface area (Å²) >= 11 is 0. The van der Waals surface area contributed by atoms with E-state index in [4.69, 9.17) is 15.6 Å². The van der Waals surface area contributed by atoms with Gasteiger partial charge in [0.1, 0.15) is 0 Å². The molecule has 1 aliphatic heterocycles. The largest absolute Gasteiger partial charge is 0.377 e. The number of aliphatic hydroxyl groups is 1. The Balaban J connectivity index is 0.000000288. The minimum Gasteiger partial charge on any atom is -0.377 e. The number of ether oxygens (including phenoxy) is 2. The molecule has 1 saturated heterocycles. The molecule has 15 heavy (non-hydrogen) atoms. The average molecular weight is 219 g/mol. The molecule has 4 nitrogen and oxygen atoms in total. The molecule has 1 aliphatic rings. The van der Waals surface area contributed by atoms with E-state index < -0.39 is 5.79 Å². The Hall–Kier alpha value is -0.160. The second-order valence-corrected chi connectivity index (χ2v) is 4.25. The summed E-state index contributed by atoms with van der Waals surface area (Å²) in [6.07, 6.45) is 2.77. The highest BCUT2D eigenvalue weighted by molar-refractivity contribution is 4.75. The lowest BCUT2D eigenvalue weighted by Crippen LogP contribution is -2.25. The highest BCUT2D eigenvalue weighted by Gasteiger charge is 2.24. The van der Waals surface area contributed by atoms with Gasteiger partial charge in [-0.15, -0.1) is 0 Å². The minimum atomic E-state index is -0.958. The van der Waals surface area contributed by atoms with Gasteiger partial charge in [0.2, 0.25) is 0 Å². The lowest BCUT2D eigenvalue weighted by atomic mass is 9.99. The molecular formula is C11H25NO3. The van der Waals surface area contributed by atoms with Crippen LogP contribution in [0.2, 0.25) is 0 Å². The first-order valence-corrected chi connectivity index (χ1v) is 5.53. The SMILES string of the molecule is CCC1CCOC1CN.COC(C)(C)O. The smallest absolute Gasteiger partial charge is 0.159 e. The molecule has 0 amide bonds. The Labute approximate surface area is 92.7 Å². The molecule has 0 bridgehead atoms. The van der Waals surface area contributed by atoms with Crippen molar-refractivity contribution in [2.45, 2.75) is 45.5 Å². The third-order valence-corrected chi connectivity index (χ3v) is 2.60. The van der Waals surface area contributed by atoms with Crippen molar-refractivity contribution in [3.05, 3.63) is 0 Å². The first kappa shape index (κ1) is 14.8. The molecule has 0 spiro atoms. The van der Waals surface area contributed by atoms with Crippen molar-refractivity contribution in [2.24, 2.45) is 11.7 Å².